The molecule has 0 fully saturated rings. The lowest BCUT2D eigenvalue weighted by Gasteiger charge is -2.07. The first kappa shape index (κ1) is 19.7. The highest BCUT2D eigenvalue weighted by atomic mass is 35.5. The van der Waals surface area contributed by atoms with Crippen molar-refractivity contribution in [3.05, 3.63) is 89.7 Å². The van der Waals surface area contributed by atoms with Crippen molar-refractivity contribution >= 4 is 23.2 Å². The molecule has 0 bridgehead atoms. The van der Waals surface area contributed by atoms with Crippen LogP contribution in [0.1, 0.15) is 17.5 Å². The molecule has 0 aliphatic rings. The second-order valence-electron chi connectivity index (χ2n) is 6.42. The number of anilines is 1. The van der Waals surface area contributed by atoms with Crippen LogP contribution in [0.4, 0.5) is 5.69 Å². The number of carbonyl (C=O) groups excluding carboxylic acids is 1. The van der Waals surface area contributed by atoms with E-state index in [9.17, 15) is 4.79 Å². The van der Waals surface area contributed by atoms with E-state index in [0.717, 1.165) is 17.0 Å². The number of hydrogen-bond acceptors (Lipinski definition) is 4. The number of rotatable bonds is 6. The summed E-state index contributed by atoms with van der Waals surface area (Å²) in [6.45, 7) is 2.53. The summed E-state index contributed by atoms with van der Waals surface area (Å²) in [5, 5.41) is 7.87. The number of aromatic nitrogens is 3. The van der Waals surface area contributed by atoms with Crippen LogP contribution >= 0.6 is 11.6 Å². The molecular formula is C23H19ClN4O2. The number of nitrogens with zero attached hydrogens (tertiary/aromatic N) is 3. The van der Waals surface area contributed by atoms with Crippen LogP contribution in [0.25, 0.3) is 17.1 Å². The fourth-order valence-corrected chi connectivity index (χ4v) is 3.06. The van der Waals surface area contributed by atoms with Crippen LogP contribution in [0.15, 0.2) is 78.9 Å². The van der Waals surface area contributed by atoms with Crippen LogP contribution in [-0.4, -0.2) is 27.3 Å². The number of benzene rings is 3. The zero-order chi connectivity index (χ0) is 20.9. The third-order valence-corrected chi connectivity index (χ3v) is 4.59. The van der Waals surface area contributed by atoms with Crippen molar-refractivity contribution in [2.45, 2.75) is 6.92 Å². The zero-order valence-electron chi connectivity index (χ0n) is 16.2. The number of amides is 1. The first-order valence-electron chi connectivity index (χ1n) is 9.46. The Morgan fingerprint density at radius 1 is 1.00 bits per heavy atom. The van der Waals surface area contributed by atoms with Crippen molar-refractivity contribution in [3.63, 3.8) is 0 Å². The number of hydrogen-bond donors (Lipinski definition) is 1. The Hall–Kier alpha value is -3.64. The van der Waals surface area contributed by atoms with Gasteiger partial charge in [-0.05, 0) is 55.5 Å². The molecule has 0 aliphatic carbocycles. The predicted octanol–water partition coefficient (Wildman–Crippen LogP) is 5.24. The van der Waals surface area contributed by atoms with Crippen LogP contribution in [0, 0.1) is 0 Å². The number of nitrogens with one attached hydrogen (secondary N) is 1. The molecule has 0 saturated carbocycles. The SMILES string of the molecule is CCOc1ccc(-n2nc(C(=O)Nc3ccc(Cl)cc3)nc2-c2ccccc2)cc1. The van der Waals surface area contributed by atoms with Gasteiger partial charge in [0.2, 0.25) is 5.82 Å². The summed E-state index contributed by atoms with van der Waals surface area (Å²) in [7, 11) is 0. The lowest BCUT2D eigenvalue weighted by atomic mass is 10.2. The van der Waals surface area contributed by atoms with Gasteiger partial charge in [0.15, 0.2) is 5.82 Å². The number of ether oxygens (including phenoxy) is 1. The van der Waals surface area contributed by atoms with E-state index in [1.807, 2.05) is 61.5 Å². The van der Waals surface area contributed by atoms with Crippen molar-refractivity contribution in [2.24, 2.45) is 0 Å². The summed E-state index contributed by atoms with van der Waals surface area (Å²) < 4.78 is 7.17. The molecule has 1 amide bonds. The second kappa shape index (κ2) is 8.80. The molecule has 4 aromatic rings. The monoisotopic (exact) mass is 418 g/mol. The minimum absolute atomic E-state index is 0.0673. The van der Waals surface area contributed by atoms with Crippen LogP contribution < -0.4 is 10.1 Å². The van der Waals surface area contributed by atoms with Crippen LogP contribution in [0.2, 0.25) is 5.02 Å². The highest BCUT2D eigenvalue weighted by Gasteiger charge is 2.19. The van der Waals surface area contributed by atoms with Gasteiger partial charge < -0.3 is 10.1 Å². The van der Waals surface area contributed by atoms with Gasteiger partial charge in [-0.15, -0.1) is 5.10 Å². The van der Waals surface area contributed by atoms with Crippen molar-refractivity contribution in [3.8, 4) is 22.8 Å². The molecule has 0 atom stereocenters. The molecule has 1 heterocycles. The van der Waals surface area contributed by atoms with Gasteiger partial charge in [-0.3, -0.25) is 4.79 Å². The Morgan fingerprint density at radius 3 is 2.37 bits per heavy atom. The average molecular weight is 419 g/mol. The topological polar surface area (TPSA) is 69.0 Å². The second-order valence-corrected chi connectivity index (χ2v) is 6.86. The number of halogens is 1. The Bertz CT molecular complexity index is 1140. The molecule has 7 heteroatoms. The van der Waals surface area contributed by atoms with E-state index < -0.39 is 5.91 Å². The van der Waals surface area contributed by atoms with E-state index in [0.29, 0.717) is 23.1 Å². The summed E-state index contributed by atoms with van der Waals surface area (Å²) in [6.07, 6.45) is 0. The Morgan fingerprint density at radius 2 is 1.70 bits per heavy atom. The van der Waals surface area contributed by atoms with Crippen LogP contribution in [-0.2, 0) is 0 Å². The van der Waals surface area contributed by atoms with E-state index in [4.69, 9.17) is 16.3 Å². The predicted molar refractivity (Wildman–Crippen MR) is 117 cm³/mol. The maximum absolute atomic E-state index is 12.8. The fourth-order valence-electron chi connectivity index (χ4n) is 2.93. The van der Waals surface area contributed by atoms with Crippen LogP contribution in [0.3, 0.4) is 0 Å². The van der Waals surface area contributed by atoms with Crippen LogP contribution in [0.5, 0.6) is 5.75 Å². The van der Waals surface area contributed by atoms with E-state index in [2.05, 4.69) is 15.4 Å². The molecule has 4 rings (SSSR count). The van der Waals surface area contributed by atoms with Crippen molar-refractivity contribution < 1.29 is 9.53 Å². The van der Waals surface area contributed by atoms with Crippen molar-refractivity contribution in [2.75, 3.05) is 11.9 Å². The highest BCUT2D eigenvalue weighted by Crippen LogP contribution is 2.23. The summed E-state index contributed by atoms with van der Waals surface area (Å²) in [6, 6.07) is 24.0. The molecule has 6 nitrogen and oxygen atoms in total. The first-order chi connectivity index (χ1) is 14.6. The van der Waals surface area contributed by atoms with E-state index in [1.54, 1.807) is 28.9 Å². The number of carbonyl (C=O) groups is 1. The fraction of sp³-hybridized carbons (Fsp3) is 0.0870. The third-order valence-electron chi connectivity index (χ3n) is 4.34. The quantitative estimate of drug-likeness (QED) is 0.465. The zero-order valence-corrected chi connectivity index (χ0v) is 17.0. The Labute approximate surface area is 179 Å². The Balaban J connectivity index is 1.70. The molecule has 0 unspecified atom stereocenters. The molecule has 30 heavy (non-hydrogen) atoms. The molecule has 3 aromatic carbocycles. The van der Waals surface area contributed by atoms with Gasteiger partial charge in [-0.25, -0.2) is 9.67 Å². The van der Waals surface area contributed by atoms with Gasteiger partial charge in [0.05, 0.1) is 12.3 Å². The molecule has 0 radical (unpaired) electrons. The van der Waals surface area contributed by atoms with Crippen molar-refractivity contribution in [1.29, 1.82) is 0 Å². The smallest absolute Gasteiger partial charge is 0.295 e. The van der Waals surface area contributed by atoms with Gasteiger partial charge in [-0.1, -0.05) is 41.9 Å². The molecule has 0 spiro atoms. The molecule has 0 aliphatic heterocycles. The maximum Gasteiger partial charge on any atom is 0.295 e. The van der Waals surface area contributed by atoms with Gasteiger partial charge in [0, 0.05) is 16.3 Å². The lowest BCUT2D eigenvalue weighted by Crippen LogP contribution is -2.14. The Kier molecular flexibility index (Phi) is 5.77. The molecule has 150 valence electrons. The molecule has 1 N–H and O–H groups in total. The summed E-state index contributed by atoms with van der Waals surface area (Å²) >= 11 is 5.91. The largest absolute Gasteiger partial charge is 0.494 e. The average Bonchev–Trinajstić information content (AvgIpc) is 3.22. The first-order valence-corrected chi connectivity index (χ1v) is 9.84. The highest BCUT2D eigenvalue weighted by molar-refractivity contribution is 6.30. The molecule has 0 saturated heterocycles. The van der Waals surface area contributed by atoms with Gasteiger partial charge in [0.25, 0.3) is 5.91 Å². The van der Waals surface area contributed by atoms with Gasteiger partial charge in [0.1, 0.15) is 5.75 Å². The summed E-state index contributed by atoms with van der Waals surface area (Å²) in [4.78, 5) is 17.3. The minimum Gasteiger partial charge on any atom is -0.494 e. The van der Waals surface area contributed by atoms with E-state index in [-0.39, 0.29) is 5.82 Å². The maximum atomic E-state index is 12.8. The standard InChI is InChI=1S/C23H19ClN4O2/c1-2-30-20-14-12-19(13-15-20)28-22(16-6-4-3-5-7-16)26-21(27-28)23(29)25-18-10-8-17(24)9-11-18/h3-15H,2H2,1H3,(H,25,29). The summed E-state index contributed by atoms with van der Waals surface area (Å²) in [5.74, 6) is 1.00. The van der Waals surface area contributed by atoms with Crippen molar-refractivity contribution in [1.82, 2.24) is 14.8 Å². The normalized spacial score (nSPS) is 10.6. The van der Waals surface area contributed by atoms with Gasteiger partial charge in [-0.2, -0.15) is 0 Å². The lowest BCUT2D eigenvalue weighted by molar-refractivity contribution is 0.101. The third kappa shape index (κ3) is 4.34. The molecule has 1 aromatic heterocycles. The van der Waals surface area contributed by atoms with Gasteiger partial charge >= 0.3 is 0 Å². The summed E-state index contributed by atoms with van der Waals surface area (Å²) in [5.41, 5.74) is 2.24. The van der Waals surface area contributed by atoms with E-state index in [1.165, 1.54) is 0 Å². The van der Waals surface area contributed by atoms with E-state index >= 15 is 0 Å². The molecular weight excluding hydrogens is 400 g/mol. The minimum atomic E-state index is -0.404.